The van der Waals surface area contributed by atoms with Crippen molar-refractivity contribution in [3.05, 3.63) is 16.1 Å². The van der Waals surface area contributed by atoms with Gasteiger partial charge in [0.25, 0.3) is 0 Å². The first-order valence-corrected chi connectivity index (χ1v) is 7.96. The Morgan fingerprint density at radius 3 is 2.72 bits per heavy atom. The third-order valence-electron chi connectivity index (χ3n) is 4.54. The van der Waals surface area contributed by atoms with Gasteiger partial charge in [0.05, 0.1) is 5.01 Å². The number of aryl methyl sites for hydroxylation is 1. The lowest BCUT2D eigenvalue weighted by molar-refractivity contribution is 0.149. The molecule has 2 aliphatic heterocycles. The number of fused-ring (bicyclic) bond motifs is 2. The number of piperidine rings is 1. The molecule has 3 rings (SSSR count). The summed E-state index contributed by atoms with van der Waals surface area (Å²) >= 11 is 1.79. The average Bonchev–Trinajstić information content (AvgIpc) is 2.82. The largest absolute Gasteiger partial charge is 0.313 e. The van der Waals surface area contributed by atoms with E-state index in [4.69, 9.17) is 0 Å². The number of thiazole rings is 1. The molecule has 2 saturated heterocycles. The highest BCUT2D eigenvalue weighted by molar-refractivity contribution is 7.09. The van der Waals surface area contributed by atoms with Gasteiger partial charge >= 0.3 is 0 Å². The second kappa shape index (κ2) is 5.27. The summed E-state index contributed by atoms with van der Waals surface area (Å²) in [6, 6.07) is 2.41. The molecule has 2 fully saturated rings. The Balaban J connectivity index is 1.44. The molecule has 100 valence electrons. The fourth-order valence-corrected chi connectivity index (χ4v) is 4.25. The minimum Gasteiger partial charge on any atom is -0.313 e. The molecular formula is C14H23N3S. The second-order valence-electron chi connectivity index (χ2n) is 5.81. The summed E-state index contributed by atoms with van der Waals surface area (Å²) < 4.78 is 0. The second-order valence-corrected chi connectivity index (χ2v) is 6.75. The van der Waals surface area contributed by atoms with Gasteiger partial charge in [-0.1, -0.05) is 0 Å². The van der Waals surface area contributed by atoms with E-state index in [1.165, 1.54) is 30.7 Å². The van der Waals surface area contributed by atoms with Crippen LogP contribution in [-0.4, -0.2) is 41.6 Å². The third-order valence-corrected chi connectivity index (χ3v) is 5.56. The molecule has 2 unspecified atom stereocenters. The van der Waals surface area contributed by atoms with E-state index in [0.717, 1.165) is 36.8 Å². The van der Waals surface area contributed by atoms with Gasteiger partial charge in [0, 0.05) is 42.2 Å². The summed E-state index contributed by atoms with van der Waals surface area (Å²) in [6.07, 6.45) is 6.57. The van der Waals surface area contributed by atoms with Crippen LogP contribution in [0.3, 0.4) is 0 Å². The molecule has 4 heteroatoms. The van der Waals surface area contributed by atoms with E-state index in [1.54, 1.807) is 11.3 Å². The molecule has 18 heavy (non-hydrogen) atoms. The molecule has 1 aromatic rings. The van der Waals surface area contributed by atoms with Crippen molar-refractivity contribution >= 4 is 11.3 Å². The maximum absolute atomic E-state index is 4.52. The van der Waals surface area contributed by atoms with E-state index < -0.39 is 0 Å². The van der Waals surface area contributed by atoms with Crippen molar-refractivity contribution in [2.45, 2.75) is 57.2 Å². The van der Waals surface area contributed by atoms with E-state index in [0.29, 0.717) is 0 Å². The van der Waals surface area contributed by atoms with E-state index in [1.807, 2.05) is 0 Å². The molecule has 0 amide bonds. The van der Waals surface area contributed by atoms with Gasteiger partial charge in [0.1, 0.15) is 0 Å². The van der Waals surface area contributed by atoms with Crippen LogP contribution in [0.2, 0.25) is 0 Å². The summed E-state index contributed by atoms with van der Waals surface area (Å²) in [6.45, 7) is 3.16. The highest BCUT2D eigenvalue weighted by Gasteiger charge is 2.37. The minimum atomic E-state index is 0.736. The van der Waals surface area contributed by atoms with Crippen LogP contribution in [0.5, 0.6) is 0 Å². The van der Waals surface area contributed by atoms with Crippen LogP contribution in [0, 0.1) is 6.92 Å². The highest BCUT2D eigenvalue weighted by atomic mass is 32.1. The molecule has 3 nitrogen and oxygen atoms in total. The zero-order chi connectivity index (χ0) is 12.5. The molecule has 2 aliphatic rings. The van der Waals surface area contributed by atoms with Crippen molar-refractivity contribution in [2.24, 2.45) is 0 Å². The molecule has 0 aromatic carbocycles. The first kappa shape index (κ1) is 12.6. The van der Waals surface area contributed by atoms with Gasteiger partial charge in [0.2, 0.25) is 0 Å². The van der Waals surface area contributed by atoms with Crippen molar-refractivity contribution in [1.29, 1.82) is 0 Å². The Bertz CT molecular complexity index is 389. The molecule has 3 heterocycles. The number of nitrogens with one attached hydrogen (secondary N) is 1. The topological polar surface area (TPSA) is 28.2 Å². The Labute approximate surface area is 114 Å². The van der Waals surface area contributed by atoms with Gasteiger partial charge in [-0.25, -0.2) is 4.98 Å². The Kier molecular flexibility index (Phi) is 3.68. The number of hydrogen-bond donors (Lipinski definition) is 1. The molecule has 2 atom stereocenters. The number of rotatable bonds is 4. The lowest BCUT2D eigenvalue weighted by Gasteiger charge is -2.36. The summed E-state index contributed by atoms with van der Waals surface area (Å²) in [5.41, 5.74) is 1.16. The normalized spacial score (nSPS) is 32.0. The van der Waals surface area contributed by atoms with Crippen LogP contribution in [0.15, 0.2) is 5.38 Å². The highest BCUT2D eigenvalue weighted by Crippen LogP contribution is 2.34. The maximum Gasteiger partial charge on any atom is 0.0940 e. The lowest BCUT2D eigenvalue weighted by atomic mass is 9.98. The standard InChI is InChI=1S/C14H23N3S/c1-10-9-18-14(16-10)5-6-15-11-7-12-3-4-13(8-11)17(12)2/h9,11-13,15H,3-8H2,1-2H3. The van der Waals surface area contributed by atoms with Crippen molar-refractivity contribution in [2.75, 3.05) is 13.6 Å². The smallest absolute Gasteiger partial charge is 0.0940 e. The van der Waals surface area contributed by atoms with Crippen molar-refractivity contribution < 1.29 is 0 Å². The van der Waals surface area contributed by atoms with Gasteiger partial charge in [-0.2, -0.15) is 0 Å². The number of nitrogens with zero attached hydrogens (tertiary/aromatic N) is 2. The van der Waals surface area contributed by atoms with Crippen LogP contribution in [0.25, 0.3) is 0 Å². The fourth-order valence-electron chi connectivity index (χ4n) is 3.48. The molecule has 0 radical (unpaired) electrons. The molecule has 2 bridgehead atoms. The van der Waals surface area contributed by atoms with E-state index in [-0.39, 0.29) is 0 Å². The van der Waals surface area contributed by atoms with Gasteiger partial charge < -0.3 is 10.2 Å². The van der Waals surface area contributed by atoms with Crippen molar-refractivity contribution in [1.82, 2.24) is 15.2 Å². The van der Waals surface area contributed by atoms with E-state index >= 15 is 0 Å². The Morgan fingerprint density at radius 2 is 2.11 bits per heavy atom. The van der Waals surface area contributed by atoms with Gasteiger partial charge in [-0.05, 0) is 39.7 Å². The first-order valence-electron chi connectivity index (χ1n) is 7.08. The molecule has 1 aromatic heterocycles. The molecule has 0 aliphatic carbocycles. The summed E-state index contributed by atoms with van der Waals surface area (Å²) in [5.74, 6) is 0. The van der Waals surface area contributed by atoms with Crippen LogP contribution in [0.1, 0.15) is 36.4 Å². The predicted octanol–water partition coefficient (Wildman–Crippen LogP) is 2.21. The molecule has 0 saturated carbocycles. The maximum atomic E-state index is 4.52. The zero-order valence-corrected chi connectivity index (χ0v) is 12.2. The monoisotopic (exact) mass is 265 g/mol. The first-order chi connectivity index (χ1) is 8.72. The predicted molar refractivity (Wildman–Crippen MR) is 76.2 cm³/mol. The van der Waals surface area contributed by atoms with Crippen LogP contribution in [-0.2, 0) is 6.42 Å². The van der Waals surface area contributed by atoms with Crippen molar-refractivity contribution in [3.63, 3.8) is 0 Å². The summed E-state index contributed by atoms with van der Waals surface area (Å²) in [7, 11) is 2.30. The van der Waals surface area contributed by atoms with Crippen LogP contribution >= 0.6 is 11.3 Å². The minimum absolute atomic E-state index is 0.736. The molecule has 1 N–H and O–H groups in total. The van der Waals surface area contributed by atoms with Gasteiger partial charge in [-0.15, -0.1) is 11.3 Å². The Morgan fingerprint density at radius 1 is 1.39 bits per heavy atom. The SMILES string of the molecule is Cc1csc(CCNC2CC3CCC(C2)N3C)n1. The van der Waals surface area contributed by atoms with Crippen molar-refractivity contribution in [3.8, 4) is 0 Å². The third kappa shape index (κ3) is 2.60. The molecule has 0 spiro atoms. The summed E-state index contributed by atoms with van der Waals surface area (Å²) in [4.78, 5) is 7.12. The van der Waals surface area contributed by atoms with E-state index in [2.05, 4.69) is 34.6 Å². The Hall–Kier alpha value is -0.450. The lowest BCUT2D eigenvalue weighted by Crippen LogP contribution is -2.47. The quantitative estimate of drug-likeness (QED) is 0.904. The van der Waals surface area contributed by atoms with Crippen LogP contribution < -0.4 is 5.32 Å². The number of aromatic nitrogens is 1. The average molecular weight is 265 g/mol. The number of hydrogen-bond acceptors (Lipinski definition) is 4. The van der Waals surface area contributed by atoms with E-state index in [9.17, 15) is 0 Å². The fraction of sp³-hybridized carbons (Fsp3) is 0.786. The molecular weight excluding hydrogens is 242 g/mol. The van der Waals surface area contributed by atoms with Crippen LogP contribution in [0.4, 0.5) is 0 Å². The zero-order valence-electron chi connectivity index (χ0n) is 11.4. The van der Waals surface area contributed by atoms with Gasteiger partial charge in [0.15, 0.2) is 0 Å². The van der Waals surface area contributed by atoms with Gasteiger partial charge in [-0.3, -0.25) is 0 Å². The summed E-state index contributed by atoms with van der Waals surface area (Å²) in [5, 5.41) is 7.16.